The van der Waals surface area contributed by atoms with E-state index in [0.717, 1.165) is 63.0 Å². The van der Waals surface area contributed by atoms with E-state index in [1.165, 1.54) is 16.7 Å². The summed E-state index contributed by atoms with van der Waals surface area (Å²) in [5, 5.41) is 21.5. The summed E-state index contributed by atoms with van der Waals surface area (Å²) in [6.07, 6.45) is 1.54. The first-order valence-electron chi connectivity index (χ1n) is 16.6. The van der Waals surface area contributed by atoms with Gasteiger partial charge in [-0.05, 0) is 96.9 Å². The standard InChI is InChI=1S/C20H26O2.C12H19N.C10H12.Mo/c1-7-15-9-11(3)13(5)17(19(15)21)18-14(6)12(4)10-16(8-2)20(18)22;1-8(2)10-6-5-7-11(9(3)4)12(10)13;1-10(2,3)9-7-5-4-6-8-9;/h9-10,21-22H,7-8H2,1-6H3;5-9H,13H2,1-4H3;1,4-8H,2-3H3;/q;;;+4. The van der Waals surface area contributed by atoms with Crippen molar-refractivity contribution in [3.05, 3.63) is 111 Å². The molecule has 4 heteroatoms. The third-order valence-corrected chi connectivity index (χ3v) is 10.5. The van der Waals surface area contributed by atoms with Crippen molar-refractivity contribution in [2.75, 3.05) is 5.73 Å². The monoisotopic (exact) mass is 705 g/mol. The number of para-hydroxylation sites is 1. The number of aromatic hydroxyl groups is 2. The summed E-state index contributed by atoms with van der Waals surface area (Å²) in [5.74, 6) is 1.63. The Labute approximate surface area is 290 Å². The van der Waals surface area contributed by atoms with Gasteiger partial charge in [0.05, 0.1) is 0 Å². The fourth-order valence-corrected chi connectivity index (χ4v) is 5.98. The summed E-state index contributed by atoms with van der Waals surface area (Å²) in [5.41, 5.74) is 19.0. The summed E-state index contributed by atoms with van der Waals surface area (Å²) < 4.78 is 2.23. The summed E-state index contributed by atoms with van der Waals surface area (Å²) in [6.45, 7) is 25.4. The minimum atomic E-state index is 0.214. The number of nitrogens with two attached hydrogens (primary N) is 1. The average molecular weight is 704 g/mol. The number of hydrogen-bond donors (Lipinski definition) is 3. The topological polar surface area (TPSA) is 66.5 Å². The van der Waals surface area contributed by atoms with Gasteiger partial charge in [-0.3, -0.25) is 0 Å². The Morgan fingerprint density at radius 2 is 1.09 bits per heavy atom. The van der Waals surface area contributed by atoms with Crippen molar-refractivity contribution in [1.29, 1.82) is 0 Å². The van der Waals surface area contributed by atoms with Crippen LogP contribution in [0.3, 0.4) is 0 Å². The zero-order valence-corrected chi connectivity index (χ0v) is 32.3. The summed E-state index contributed by atoms with van der Waals surface area (Å²) in [7, 11) is 0. The van der Waals surface area contributed by atoms with E-state index in [0.29, 0.717) is 23.3 Å². The van der Waals surface area contributed by atoms with E-state index in [-0.39, 0.29) is 5.41 Å². The number of aryl methyl sites for hydroxylation is 4. The van der Waals surface area contributed by atoms with E-state index in [4.69, 9.17) is 5.73 Å². The molecule has 0 aliphatic carbocycles. The summed E-state index contributed by atoms with van der Waals surface area (Å²) in [4.78, 5) is 0. The Morgan fingerprint density at radius 3 is 1.41 bits per heavy atom. The van der Waals surface area contributed by atoms with Crippen LogP contribution in [0.1, 0.15) is 117 Å². The Hall–Kier alpha value is -3.16. The van der Waals surface area contributed by atoms with E-state index in [1.807, 2.05) is 59.2 Å². The smallest absolute Gasteiger partial charge is 0.127 e. The summed E-state index contributed by atoms with van der Waals surface area (Å²) in [6, 6.07) is 21.0. The second-order valence-corrected chi connectivity index (χ2v) is 14.1. The maximum absolute atomic E-state index is 10.7. The number of rotatable bonds is 7. The molecule has 0 saturated carbocycles. The third-order valence-electron chi connectivity index (χ3n) is 9.04. The van der Waals surface area contributed by atoms with Crippen molar-refractivity contribution < 1.29 is 29.6 Å². The van der Waals surface area contributed by atoms with Gasteiger partial charge in [0.15, 0.2) is 0 Å². The average Bonchev–Trinajstić information content (AvgIpc) is 3.03. The van der Waals surface area contributed by atoms with Crippen LogP contribution in [-0.4, -0.2) is 14.6 Å². The zero-order valence-electron chi connectivity index (χ0n) is 30.3. The molecule has 4 rings (SSSR count). The Bertz CT molecular complexity index is 1530. The molecular weight excluding hydrogens is 646 g/mol. The number of anilines is 1. The van der Waals surface area contributed by atoms with Crippen LogP contribution in [0.25, 0.3) is 11.1 Å². The van der Waals surface area contributed by atoms with Gasteiger partial charge in [0, 0.05) is 16.8 Å². The fourth-order valence-electron chi connectivity index (χ4n) is 5.64. The Kier molecular flexibility index (Phi) is 14.5. The minimum Gasteiger partial charge on any atom is -0.507 e. The number of phenolic OH excluding ortho intramolecular Hbond substituents is 2. The molecule has 0 aliphatic heterocycles. The third kappa shape index (κ3) is 9.22. The van der Waals surface area contributed by atoms with Crippen LogP contribution >= 0.6 is 0 Å². The molecule has 0 heterocycles. The first-order valence-corrected chi connectivity index (χ1v) is 17.7. The molecule has 0 fully saturated rings. The van der Waals surface area contributed by atoms with Crippen LogP contribution < -0.4 is 5.73 Å². The largest absolute Gasteiger partial charge is 0.507 e. The molecule has 0 atom stereocenters. The number of benzene rings is 4. The van der Waals surface area contributed by atoms with E-state index < -0.39 is 0 Å². The van der Waals surface area contributed by atoms with Crippen molar-refractivity contribution in [2.45, 2.75) is 113 Å². The van der Waals surface area contributed by atoms with Crippen LogP contribution in [-0.2, 0) is 37.6 Å². The van der Waals surface area contributed by atoms with Gasteiger partial charge in [0.25, 0.3) is 0 Å². The molecular formula is C42H57MoNO2+4. The van der Waals surface area contributed by atoms with Crippen LogP contribution in [0.4, 0.5) is 5.69 Å². The Morgan fingerprint density at radius 1 is 0.696 bits per heavy atom. The quantitative estimate of drug-likeness (QED) is 0.133. The zero-order chi connectivity index (χ0) is 34.9. The van der Waals surface area contributed by atoms with Crippen LogP contribution in [0.15, 0.2) is 60.7 Å². The molecule has 0 spiro atoms. The first-order chi connectivity index (χ1) is 21.5. The molecule has 3 nitrogen and oxygen atoms in total. The molecule has 4 aromatic rings. The number of nitrogen functional groups attached to an aromatic ring is 1. The van der Waals surface area contributed by atoms with E-state index in [9.17, 15) is 10.2 Å². The SMILES string of the molecule is CC(C)([CH]=[Mo+4])c1ccccc1.CC(C)c1cccc(C(C)C)c1N.CCc1cc(C)c(C)c(-c2c(C)c(C)cc(CC)c2O)c1O. The maximum atomic E-state index is 10.7. The molecule has 0 amide bonds. The summed E-state index contributed by atoms with van der Waals surface area (Å²) >= 11 is 2.04. The van der Waals surface area contributed by atoms with Crippen molar-refractivity contribution in [1.82, 2.24) is 0 Å². The minimum absolute atomic E-state index is 0.214. The van der Waals surface area contributed by atoms with Crippen LogP contribution in [0.5, 0.6) is 11.5 Å². The van der Waals surface area contributed by atoms with Crippen molar-refractivity contribution >= 4 is 10.1 Å². The van der Waals surface area contributed by atoms with Crippen LogP contribution in [0.2, 0.25) is 0 Å². The van der Waals surface area contributed by atoms with Gasteiger partial charge in [-0.2, -0.15) is 0 Å². The van der Waals surface area contributed by atoms with Gasteiger partial charge in [0.1, 0.15) is 11.5 Å². The first kappa shape index (κ1) is 39.0. The van der Waals surface area contributed by atoms with E-state index >= 15 is 0 Å². The van der Waals surface area contributed by atoms with Crippen molar-refractivity contribution in [3.63, 3.8) is 0 Å². The molecule has 0 saturated heterocycles. The van der Waals surface area contributed by atoms with E-state index in [2.05, 4.69) is 108 Å². The fraction of sp³-hybridized carbons (Fsp3) is 0.405. The molecule has 4 N–H and O–H groups in total. The van der Waals surface area contributed by atoms with Gasteiger partial charge in [0.2, 0.25) is 0 Å². The molecule has 0 aromatic heterocycles. The van der Waals surface area contributed by atoms with Gasteiger partial charge < -0.3 is 15.9 Å². The van der Waals surface area contributed by atoms with E-state index in [1.54, 1.807) is 0 Å². The van der Waals surface area contributed by atoms with Crippen molar-refractivity contribution in [2.24, 2.45) is 0 Å². The number of hydrogen-bond acceptors (Lipinski definition) is 3. The molecule has 0 aliphatic rings. The molecule has 46 heavy (non-hydrogen) atoms. The molecule has 0 bridgehead atoms. The predicted molar refractivity (Wildman–Crippen MR) is 197 cm³/mol. The Balaban J connectivity index is 0.000000261. The van der Waals surface area contributed by atoms with Crippen molar-refractivity contribution in [3.8, 4) is 22.6 Å². The van der Waals surface area contributed by atoms with Gasteiger partial charge in [-0.15, -0.1) is 0 Å². The maximum Gasteiger partial charge on any atom is 0.127 e. The van der Waals surface area contributed by atoms with Gasteiger partial charge in [-0.1, -0.05) is 71.9 Å². The normalized spacial score (nSPS) is 11.1. The molecule has 244 valence electrons. The van der Waals surface area contributed by atoms with Crippen LogP contribution in [0, 0.1) is 27.7 Å². The predicted octanol–water partition coefficient (Wildman–Crippen LogP) is 11.0. The van der Waals surface area contributed by atoms with Gasteiger partial charge in [-0.25, -0.2) is 0 Å². The molecule has 4 aromatic carbocycles. The second-order valence-electron chi connectivity index (χ2n) is 13.5. The molecule has 0 unspecified atom stereocenters. The number of phenols is 2. The second kappa shape index (κ2) is 17.1. The van der Waals surface area contributed by atoms with Gasteiger partial charge >= 0.3 is 78.9 Å². The molecule has 0 radical (unpaired) electrons.